The molecule has 0 aliphatic heterocycles. The van der Waals surface area contributed by atoms with Crippen molar-refractivity contribution in [2.45, 2.75) is 20.8 Å². The molecule has 0 radical (unpaired) electrons. The van der Waals surface area contributed by atoms with E-state index in [9.17, 15) is 23.5 Å². The minimum Gasteiger partial charge on any atom is -0.324 e. The van der Waals surface area contributed by atoms with E-state index in [4.69, 9.17) is 79.1 Å². The smallest absolute Gasteiger partial charge is 0.150 e. The summed E-state index contributed by atoms with van der Waals surface area (Å²) in [5.41, 5.74) is 17.7. The van der Waals surface area contributed by atoms with Gasteiger partial charge in [0.25, 0.3) is 0 Å². The van der Waals surface area contributed by atoms with Crippen LogP contribution in [0.3, 0.4) is 0 Å². The maximum Gasteiger partial charge on any atom is 0.150 e. The van der Waals surface area contributed by atoms with Gasteiger partial charge < -0.3 is 9.13 Å². The second kappa shape index (κ2) is 58.3. The zero-order chi connectivity index (χ0) is 87.6. The van der Waals surface area contributed by atoms with Gasteiger partial charge in [-0.2, -0.15) is 21.0 Å². The van der Waals surface area contributed by atoms with E-state index in [1.807, 2.05) is 324 Å². The fraction of sp³-hybridized carbons (Fsp3) is 0.0865. The Hall–Kier alpha value is -12.6. The summed E-state index contributed by atoms with van der Waals surface area (Å²) in [7, 11) is -4.11. The van der Waals surface area contributed by atoms with E-state index in [0.717, 1.165) is 124 Å². The fourth-order valence-corrected chi connectivity index (χ4v) is 13.3. The third-order valence-corrected chi connectivity index (χ3v) is 19.6. The SMILES string of the molecule is C/C(=C\C#N)CP(C)(C)=O.CC(/C=C/C=C(/C=C/c1ccc(Cl)cc1)c1ccccc1)=C\C#N.CC(/C=C/C=C(/C=C/c1ccc(Cl)cc1)c1ccccc1)=C\C=O.CP(C)(=O)C/C(=C/C#N)c1ccccc1.N#C/C=C(/C=C/c1ccc(Cl)cc1)c1ccccc1.O=C/C=C(/C=C/c1ccc(Cl)cc1)c1ccccc1.O=Cc1ccc(Cl)cc1. The molecule has 0 aromatic heterocycles. The van der Waals surface area contributed by atoms with Crippen LogP contribution in [-0.4, -0.2) is 57.8 Å². The van der Waals surface area contributed by atoms with Crippen molar-refractivity contribution in [3.05, 3.63) is 468 Å². The first-order valence-electron chi connectivity index (χ1n) is 37.4. The molecular weight excluding hydrogens is 1620 g/mol. The van der Waals surface area contributed by atoms with Crippen molar-refractivity contribution in [1.82, 2.24) is 0 Å². The Labute approximate surface area is 734 Å². The van der Waals surface area contributed by atoms with Crippen LogP contribution < -0.4 is 0 Å². The van der Waals surface area contributed by atoms with Crippen molar-refractivity contribution in [2.75, 3.05) is 39.0 Å². The van der Waals surface area contributed by atoms with Gasteiger partial charge in [0.1, 0.15) is 18.9 Å². The molecule has 0 unspecified atom stereocenters. The lowest BCUT2D eigenvalue weighted by Crippen LogP contribution is -1.92. The van der Waals surface area contributed by atoms with Crippen LogP contribution >= 0.6 is 72.3 Å². The first-order valence-corrected chi connectivity index (χ1v) is 44.9. The molecule has 0 heterocycles. The van der Waals surface area contributed by atoms with Crippen LogP contribution in [0.1, 0.15) is 81.2 Å². The van der Waals surface area contributed by atoms with Crippen LogP contribution in [0.25, 0.3) is 52.2 Å². The molecule has 0 fully saturated rings. The molecule has 16 heteroatoms. The van der Waals surface area contributed by atoms with Crippen LogP contribution in [-0.2, 0) is 18.7 Å². The fourth-order valence-electron chi connectivity index (χ4n) is 10.3. The monoisotopic (exact) mass is 1710 g/mol. The van der Waals surface area contributed by atoms with E-state index in [-0.39, 0.29) is 0 Å². The molecule has 120 heavy (non-hydrogen) atoms. The van der Waals surface area contributed by atoms with Gasteiger partial charge in [-0.25, -0.2) is 0 Å². The highest BCUT2D eigenvalue weighted by atomic mass is 35.5. The van der Waals surface area contributed by atoms with E-state index in [1.165, 1.54) is 24.3 Å². The molecule has 0 bridgehead atoms. The molecule has 0 amide bonds. The Morgan fingerprint density at radius 3 is 0.867 bits per heavy atom. The topological polar surface area (TPSA) is 181 Å². The van der Waals surface area contributed by atoms with E-state index < -0.39 is 14.3 Å². The number of nitrogens with zero attached hydrogens (tertiary/aromatic N) is 4. The summed E-state index contributed by atoms with van der Waals surface area (Å²) < 4.78 is 22.9. The van der Waals surface area contributed by atoms with E-state index in [1.54, 1.807) is 63.1 Å². The maximum absolute atomic E-state index is 11.7. The molecule has 10 aromatic carbocycles. The second-order valence-electron chi connectivity index (χ2n) is 26.9. The van der Waals surface area contributed by atoms with Crippen molar-refractivity contribution < 1.29 is 23.5 Å². The van der Waals surface area contributed by atoms with Gasteiger partial charge in [-0.1, -0.05) is 361 Å². The van der Waals surface area contributed by atoms with Gasteiger partial charge in [0, 0.05) is 67.3 Å². The van der Waals surface area contributed by atoms with Crippen LogP contribution in [0.5, 0.6) is 0 Å². The Bertz CT molecular complexity index is 5590. The number of hydrogen-bond acceptors (Lipinski definition) is 9. The quantitative estimate of drug-likeness (QED) is 0.0187. The lowest BCUT2D eigenvalue weighted by atomic mass is 10.0. The third kappa shape index (κ3) is 45.2. The molecule has 0 N–H and O–H groups in total. The molecule has 0 saturated heterocycles. The molecule has 0 spiro atoms. The van der Waals surface area contributed by atoms with Gasteiger partial charge in [0.15, 0.2) is 0 Å². The number of allylic oxidation sites excluding steroid dienone is 24. The second-order valence-corrected chi connectivity index (χ2v) is 36.0. The van der Waals surface area contributed by atoms with Gasteiger partial charge in [0.2, 0.25) is 0 Å². The number of aldehydes is 3. The molecule has 0 aliphatic carbocycles. The zero-order valence-corrected chi connectivity index (χ0v) is 73.4. The molecule has 10 aromatic rings. The summed E-state index contributed by atoms with van der Waals surface area (Å²) in [5, 5.41) is 37.9. The van der Waals surface area contributed by atoms with Crippen molar-refractivity contribution >= 4 is 143 Å². The summed E-state index contributed by atoms with van der Waals surface area (Å²) >= 11 is 29.1. The van der Waals surface area contributed by atoms with Crippen LogP contribution in [0.2, 0.25) is 25.1 Å². The minimum atomic E-state index is -2.14. The van der Waals surface area contributed by atoms with Crippen LogP contribution in [0, 0.1) is 45.3 Å². The first kappa shape index (κ1) is 99.8. The predicted octanol–water partition coefficient (Wildman–Crippen LogP) is 29.6. The number of carbonyl (C=O) groups excluding carboxylic acids is 3. The number of halogens is 5. The Kier molecular flexibility index (Phi) is 48.5. The number of carbonyl (C=O) groups is 3. The van der Waals surface area contributed by atoms with Crippen molar-refractivity contribution in [1.29, 1.82) is 21.0 Å². The summed E-state index contributed by atoms with van der Waals surface area (Å²) in [5.74, 6) is 0. The lowest BCUT2D eigenvalue weighted by molar-refractivity contribution is -0.104. The Balaban J connectivity index is 0.000000301. The number of nitriles is 4. The highest BCUT2D eigenvalue weighted by molar-refractivity contribution is 7.63. The Morgan fingerprint density at radius 1 is 0.300 bits per heavy atom. The predicted molar refractivity (Wildman–Crippen MR) is 514 cm³/mol. The third-order valence-electron chi connectivity index (χ3n) is 16.0. The summed E-state index contributed by atoms with van der Waals surface area (Å²) in [6, 6.07) is 94.9. The molecule has 9 nitrogen and oxygen atoms in total. The summed E-state index contributed by atoms with van der Waals surface area (Å²) in [6.07, 6.45) is 40.3. The van der Waals surface area contributed by atoms with Crippen LogP contribution in [0.4, 0.5) is 0 Å². The van der Waals surface area contributed by atoms with E-state index in [0.29, 0.717) is 33.0 Å². The number of benzene rings is 10. The largest absolute Gasteiger partial charge is 0.324 e. The van der Waals surface area contributed by atoms with Crippen molar-refractivity contribution in [3.63, 3.8) is 0 Å². The maximum atomic E-state index is 11.7. The van der Waals surface area contributed by atoms with Crippen LogP contribution in [0.15, 0.2) is 387 Å². The first-order chi connectivity index (χ1) is 57.8. The standard InChI is InChI=1S/C22H18ClN.C22H19ClO.C17H12ClN.C17H13ClO.C12H14NOP.C7H5ClO.C7H12NOP/c2*1-18(16-17-24)6-5-9-21(20-7-3-2-4-8-20)13-10-19-11-14-22(23)15-12-19;2*18-17-10-7-14(8-11-17)6-9-16(12-13-19)15-4-2-1-3-5-15;1-15(2,14)10-12(8-9-13)11-6-4-3-5-7-11;8-7-3-1-6(5-9)2-4-7;1-7(4-5-8)6-10(2,3)9/h2-16H,1H3;2-17H,1H3;1-12H;1-13H;3-8H,10H2,1-2H3;1-5H;4H,6H2,1-3H3/b2*6-5+,13-10+,18-16+,21-9-;2*9-6+,16-12-;12-8-;;7-4+. The Morgan fingerprint density at radius 2 is 0.575 bits per heavy atom. The average Bonchev–Trinajstić information content (AvgIpc) is 0.882. The zero-order valence-electron chi connectivity index (χ0n) is 67.8. The summed E-state index contributed by atoms with van der Waals surface area (Å²) in [6.45, 7) is 12.5. The summed E-state index contributed by atoms with van der Waals surface area (Å²) in [4.78, 5) is 31.3. The van der Waals surface area contributed by atoms with E-state index >= 15 is 0 Å². The van der Waals surface area contributed by atoms with E-state index in [2.05, 4.69) is 54.6 Å². The molecule has 0 atom stereocenters. The highest BCUT2D eigenvalue weighted by Gasteiger charge is 2.12. The van der Waals surface area contributed by atoms with Gasteiger partial charge >= 0.3 is 0 Å². The van der Waals surface area contributed by atoms with Crippen molar-refractivity contribution in [2.24, 2.45) is 0 Å². The van der Waals surface area contributed by atoms with Gasteiger partial charge in [-0.15, -0.1) is 0 Å². The normalized spacial score (nSPS) is 12.1. The van der Waals surface area contributed by atoms with Crippen molar-refractivity contribution in [3.8, 4) is 24.3 Å². The van der Waals surface area contributed by atoms with Gasteiger partial charge in [-0.05, 0) is 209 Å². The minimum absolute atomic E-state index is 0.477. The molecule has 0 saturated carbocycles. The lowest BCUT2D eigenvalue weighted by Gasteiger charge is -2.09. The van der Waals surface area contributed by atoms with Gasteiger partial charge in [-0.3, -0.25) is 14.4 Å². The average molecular weight is 1720 g/mol. The highest BCUT2D eigenvalue weighted by Crippen LogP contribution is 2.41. The number of hydrogen-bond donors (Lipinski definition) is 0. The number of rotatable bonds is 24. The van der Waals surface area contributed by atoms with Gasteiger partial charge in [0.05, 0.1) is 38.6 Å². The molecular formula is C104H93Cl5N4O5P2. The molecule has 10 rings (SSSR count). The molecule has 604 valence electrons. The molecule has 0 aliphatic rings.